The molecule has 0 saturated carbocycles. The SMILES string of the molecule is Cc1ccc(N(C)C)cc1NC(=O)CCC(=O)O. The summed E-state index contributed by atoms with van der Waals surface area (Å²) in [4.78, 5) is 23.9. The fraction of sp³-hybridized carbons (Fsp3) is 0.385. The minimum atomic E-state index is -0.969. The lowest BCUT2D eigenvalue weighted by Crippen LogP contribution is -2.15. The van der Waals surface area contributed by atoms with Gasteiger partial charge in [0.2, 0.25) is 5.91 Å². The lowest BCUT2D eigenvalue weighted by molar-refractivity contribution is -0.138. The van der Waals surface area contributed by atoms with E-state index >= 15 is 0 Å². The van der Waals surface area contributed by atoms with Crippen molar-refractivity contribution in [3.63, 3.8) is 0 Å². The Balaban J connectivity index is 2.74. The van der Waals surface area contributed by atoms with Gasteiger partial charge in [0.05, 0.1) is 6.42 Å². The number of amides is 1. The first kappa shape index (κ1) is 14.0. The van der Waals surface area contributed by atoms with Crippen LogP contribution in [0.3, 0.4) is 0 Å². The summed E-state index contributed by atoms with van der Waals surface area (Å²) in [6.45, 7) is 1.90. The molecule has 18 heavy (non-hydrogen) atoms. The summed E-state index contributed by atoms with van der Waals surface area (Å²) in [5.41, 5.74) is 2.65. The van der Waals surface area contributed by atoms with E-state index in [4.69, 9.17) is 5.11 Å². The molecule has 98 valence electrons. The van der Waals surface area contributed by atoms with Crippen LogP contribution in [0.5, 0.6) is 0 Å². The van der Waals surface area contributed by atoms with Crippen molar-refractivity contribution >= 4 is 23.3 Å². The molecule has 5 heteroatoms. The number of rotatable bonds is 5. The van der Waals surface area contributed by atoms with Gasteiger partial charge in [-0.15, -0.1) is 0 Å². The molecule has 0 radical (unpaired) electrons. The summed E-state index contributed by atoms with van der Waals surface area (Å²) in [5, 5.41) is 11.2. The van der Waals surface area contributed by atoms with Gasteiger partial charge in [0.15, 0.2) is 0 Å². The number of carbonyl (C=O) groups excluding carboxylic acids is 1. The Morgan fingerprint density at radius 3 is 2.50 bits per heavy atom. The maximum Gasteiger partial charge on any atom is 0.303 e. The molecular weight excluding hydrogens is 232 g/mol. The van der Waals surface area contributed by atoms with Crippen LogP contribution in [0.15, 0.2) is 18.2 Å². The number of carbonyl (C=O) groups is 2. The fourth-order valence-corrected chi connectivity index (χ4v) is 1.46. The first-order valence-corrected chi connectivity index (χ1v) is 5.70. The summed E-state index contributed by atoms with van der Waals surface area (Å²) in [7, 11) is 3.83. The molecule has 0 unspecified atom stereocenters. The van der Waals surface area contributed by atoms with E-state index < -0.39 is 5.97 Å². The Morgan fingerprint density at radius 2 is 1.94 bits per heavy atom. The molecule has 1 amide bonds. The summed E-state index contributed by atoms with van der Waals surface area (Å²) in [6, 6.07) is 5.75. The number of aryl methyl sites for hydroxylation is 1. The molecule has 1 aromatic rings. The minimum absolute atomic E-state index is 0.0129. The van der Waals surface area contributed by atoms with Gasteiger partial charge in [0.1, 0.15) is 0 Å². The van der Waals surface area contributed by atoms with Crippen LogP contribution >= 0.6 is 0 Å². The number of hydrogen-bond acceptors (Lipinski definition) is 3. The van der Waals surface area contributed by atoms with Gasteiger partial charge < -0.3 is 15.3 Å². The molecule has 0 fully saturated rings. The Labute approximate surface area is 106 Å². The molecule has 0 bridgehead atoms. The predicted molar refractivity (Wildman–Crippen MR) is 71.0 cm³/mol. The number of aliphatic carboxylic acids is 1. The molecule has 0 aliphatic rings. The number of hydrogen-bond donors (Lipinski definition) is 2. The lowest BCUT2D eigenvalue weighted by atomic mass is 10.1. The van der Waals surface area contributed by atoms with Crippen molar-refractivity contribution in [1.82, 2.24) is 0 Å². The number of nitrogens with zero attached hydrogens (tertiary/aromatic N) is 1. The highest BCUT2D eigenvalue weighted by molar-refractivity contribution is 5.93. The average molecular weight is 250 g/mol. The summed E-state index contributed by atoms with van der Waals surface area (Å²) < 4.78 is 0. The van der Waals surface area contributed by atoms with Crippen molar-refractivity contribution in [2.24, 2.45) is 0 Å². The Morgan fingerprint density at radius 1 is 1.28 bits per heavy atom. The second-order valence-electron chi connectivity index (χ2n) is 4.34. The standard InChI is InChI=1S/C13H18N2O3/c1-9-4-5-10(15(2)3)8-11(9)14-12(16)6-7-13(17)18/h4-5,8H,6-7H2,1-3H3,(H,14,16)(H,17,18). The van der Waals surface area contributed by atoms with E-state index in [1.807, 2.05) is 44.1 Å². The van der Waals surface area contributed by atoms with Crippen molar-refractivity contribution in [2.45, 2.75) is 19.8 Å². The predicted octanol–water partition coefficient (Wildman–Crippen LogP) is 1.86. The van der Waals surface area contributed by atoms with Crippen molar-refractivity contribution in [2.75, 3.05) is 24.3 Å². The van der Waals surface area contributed by atoms with Crippen molar-refractivity contribution in [3.8, 4) is 0 Å². The molecule has 0 aliphatic carbocycles. The molecule has 0 aliphatic heterocycles. The van der Waals surface area contributed by atoms with Gasteiger partial charge in [-0.2, -0.15) is 0 Å². The molecule has 1 rings (SSSR count). The molecule has 5 nitrogen and oxygen atoms in total. The molecular formula is C13H18N2O3. The van der Waals surface area contributed by atoms with Crippen LogP contribution in [0.1, 0.15) is 18.4 Å². The number of carboxylic acid groups (broad SMARTS) is 1. The van der Waals surface area contributed by atoms with Gasteiger partial charge in [-0.1, -0.05) is 6.07 Å². The van der Waals surface area contributed by atoms with E-state index in [-0.39, 0.29) is 18.7 Å². The van der Waals surface area contributed by atoms with Crippen molar-refractivity contribution in [3.05, 3.63) is 23.8 Å². The molecule has 0 atom stereocenters. The zero-order valence-electron chi connectivity index (χ0n) is 10.9. The van der Waals surface area contributed by atoms with Crippen LogP contribution < -0.4 is 10.2 Å². The van der Waals surface area contributed by atoms with E-state index in [2.05, 4.69) is 5.32 Å². The van der Waals surface area contributed by atoms with Crippen molar-refractivity contribution < 1.29 is 14.7 Å². The highest BCUT2D eigenvalue weighted by atomic mass is 16.4. The molecule has 0 saturated heterocycles. The summed E-state index contributed by atoms with van der Waals surface area (Å²) >= 11 is 0. The first-order chi connectivity index (χ1) is 8.40. The number of benzene rings is 1. The minimum Gasteiger partial charge on any atom is -0.481 e. The summed E-state index contributed by atoms with van der Waals surface area (Å²) in [6.07, 6.45) is -0.167. The highest BCUT2D eigenvalue weighted by Crippen LogP contribution is 2.22. The third-order valence-corrected chi connectivity index (χ3v) is 2.58. The average Bonchev–Trinajstić information content (AvgIpc) is 2.29. The maximum atomic E-state index is 11.6. The number of anilines is 2. The van der Waals surface area contributed by atoms with Crippen LogP contribution in [-0.2, 0) is 9.59 Å². The molecule has 0 aromatic heterocycles. The summed E-state index contributed by atoms with van der Waals surface area (Å²) in [5.74, 6) is -1.25. The van der Waals surface area contributed by atoms with Crippen LogP contribution in [0.4, 0.5) is 11.4 Å². The second-order valence-corrected chi connectivity index (χ2v) is 4.34. The highest BCUT2D eigenvalue weighted by Gasteiger charge is 2.08. The monoisotopic (exact) mass is 250 g/mol. The quantitative estimate of drug-likeness (QED) is 0.837. The van der Waals surface area contributed by atoms with Crippen LogP contribution in [-0.4, -0.2) is 31.1 Å². The Kier molecular flexibility index (Phi) is 4.71. The third kappa shape index (κ3) is 4.08. The maximum absolute atomic E-state index is 11.6. The topological polar surface area (TPSA) is 69.6 Å². The Hall–Kier alpha value is -2.04. The zero-order chi connectivity index (χ0) is 13.7. The number of carboxylic acids is 1. The van der Waals surface area contributed by atoms with Crippen LogP contribution in [0, 0.1) is 6.92 Å². The van der Waals surface area contributed by atoms with E-state index in [0.29, 0.717) is 0 Å². The first-order valence-electron chi connectivity index (χ1n) is 5.70. The Bertz CT molecular complexity index is 456. The van der Waals surface area contributed by atoms with E-state index in [1.165, 1.54) is 0 Å². The zero-order valence-corrected chi connectivity index (χ0v) is 10.9. The van der Waals surface area contributed by atoms with Crippen LogP contribution in [0.2, 0.25) is 0 Å². The van der Waals surface area contributed by atoms with E-state index in [1.54, 1.807) is 0 Å². The van der Waals surface area contributed by atoms with Gasteiger partial charge in [-0.3, -0.25) is 9.59 Å². The molecule has 1 aromatic carbocycles. The lowest BCUT2D eigenvalue weighted by Gasteiger charge is -2.15. The van der Waals surface area contributed by atoms with Crippen LogP contribution in [0.25, 0.3) is 0 Å². The van der Waals surface area contributed by atoms with Gasteiger partial charge in [-0.05, 0) is 24.6 Å². The normalized spacial score (nSPS) is 9.94. The molecule has 0 heterocycles. The van der Waals surface area contributed by atoms with Gasteiger partial charge in [0.25, 0.3) is 0 Å². The van der Waals surface area contributed by atoms with Gasteiger partial charge in [0, 0.05) is 31.9 Å². The molecule has 2 N–H and O–H groups in total. The largest absolute Gasteiger partial charge is 0.481 e. The second kappa shape index (κ2) is 6.05. The van der Waals surface area contributed by atoms with Gasteiger partial charge >= 0.3 is 5.97 Å². The van der Waals surface area contributed by atoms with Crippen molar-refractivity contribution in [1.29, 1.82) is 0 Å². The van der Waals surface area contributed by atoms with E-state index in [0.717, 1.165) is 16.9 Å². The smallest absolute Gasteiger partial charge is 0.303 e. The third-order valence-electron chi connectivity index (χ3n) is 2.58. The van der Waals surface area contributed by atoms with Gasteiger partial charge in [-0.25, -0.2) is 0 Å². The van der Waals surface area contributed by atoms with E-state index in [9.17, 15) is 9.59 Å². The number of nitrogens with one attached hydrogen (secondary N) is 1. The fourth-order valence-electron chi connectivity index (χ4n) is 1.46. The molecule has 0 spiro atoms.